The fraction of sp³-hybridized carbons (Fsp3) is 1.00. The summed E-state index contributed by atoms with van der Waals surface area (Å²) in [5.74, 6) is -2.41. The lowest BCUT2D eigenvalue weighted by Gasteiger charge is -2.42. The Bertz CT molecular complexity index is 384. The maximum atomic E-state index is 13.1. The summed E-state index contributed by atoms with van der Waals surface area (Å²) in [5.41, 5.74) is 0. The monoisotopic (exact) mass is 376 g/mol. The van der Waals surface area contributed by atoms with Crippen LogP contribution in [0.15, 0.2) is 0 Å². The predicted octanol–water partition coefficient (Wildman–Crippen LogP) is 6.70. The molecular formula is C17H26F6S. The molecule has 0 aliphatic heterocycles. The maximum absolute atomic E-state index is 13.1. The molecule has 2 rings (SSSR count). The maximum Gasteiger partial charge on any atom is 0.391 e. The van der Waals surface area contributed by atoms with Gasteiger partial charge in [0.15, 0.2) is 0 Å². The van der Waals surface area contributed by atoms with E-state index in [0.29, 0.717) is 17.8 Å². The van der Waals surface area contributed by atoms with Gasteiger partial charge >= 0.3 is 12.4 Å². The summed E-state index contributed by atoms with van der Waals surface area (Å²) >= 11 is 1.40. The van der Waals surface area contributed by atoms with Crippen LogP contribution >= 0.6 is 11.8 Å². The topological polar surface area (TPSA) is 0 Å². The van der Waals surface area contributed by atoms with Gasteiger partial charge in [-0.15, -0.1) is 0 Å². The van der Waals surface area contributed by atoms with E-state index in [4.69, 9.17) is 0 Å². The van der Waals surface area contributed by atoms with E-state index < -0.39 is 35.9 Å². The van der Waals surface area contributed by atoms with Crippen molar-refractivity contribution in [1.29, 1.82) is 0 Å². The Balaban J connectivity index is 2.10. The van der Waals surface area contributed by atoms with E-state index >= 15 is 0 Å². The second-order valence-corrected chi connectivity index (χ2v) is 9.42. The van der Waals surface area contributed by atoms with E-state index in [1.807, 2.05) is 0 Å². The molecule has 0 aromatic rings. The second-order valence-electron chi connectivity index (χ2n) is 7.94. The minimum absolute atomic E-state index is 0.159. The zero-order valence-electron chi connectivity index (χ0n) is 14.3. The van der Waals surface area contributed by atoms with Crippen molar-refractivity contribution >= 4 is 11.8 Å². The summed E-state index contributed by atoms with van der Waals surface area (Å²) in [6.07, 6.45) is -8.24. The normalized spacial score (nSPS) is 42.1. The first-order valence-corrected chi connectivity index (χ1v) is 9.61. The molecule has 0 nitrogen and oxygen atoms in total. The Morgan fingerprint density at radius 2 is 1.08 bits per heavy atom. The van der Waals surface area contributed by atoms with Crippen LogP contribution in [0.4, 0.5) is 26.3 Å². The van der Waals surface area contributed by atoms with Crippen LogP contribution in [0, 0.1) is 29.6 Å². The van der Waals surface area contributed by atoms with Crippen LogP contribution in [0.2, 0.25) is 0 Å². The van der Waals surface area contributed by atoms with Crippen LogP contribution in [0.1, 0.15) is 52.9 Å². The summed E-state index contributed by atoms with van der Waals surface area (Å²) in [7, 11) is 0. The van der Waals surface area contributed by atoms with E-state index in [0.717, 1.165) is 12.8 Å². The molecule has 0 heterocycles. The molecule has 0 radical (unpaired) electrons. The fourth-order valence-electron chi connectivity index (χ4n) is 4.60. The van der Waals surface area contributed by atoms with Crippen molar-refractivity contribution in [3.8, 4) is 0 Å². The minimum atomic E-state index is -4.54. The number of rotatable bonds is 2. The van der Waals surface area contributed by atoms with Crippen LogP contribution in [0.3, 0.4) is 0 Å². The first-order chi connectivity index (χ1) is 10.9. The zero-order chi connectivity index (χ0) is 18.3. The molecule has 142 valence electrons. The third-order valence-corrected chi connectivity index (χ3v) is 7.62. The van der Waals surface area contributed by atoms with Gasteiger partial charge in [-0.2, -0.15) is 38.1 Å². The van der Waals surface area contributed by atoms with Crippen LogP contribution in [-0.4, -0.2) is 22.9 Å². The average Bonchev–Trinajstić information content (AvgIpc) is 2.40. The summed E-state index contributed by atoms with van der Waals surface area (Å²) in [4.78, 5) is 0. The van der Waals surface area contributed by atoms with E-state index in [2.05, 4.69) is 20.8 Å². The predicted molar refractivity (Wildman–Crippen MR) is 84.8 cm³/mol. The van der Waals surface area contributed by atoms with Gasteiger partial charge in [-0.3, -0.25) is 0 Å². The number of thioether (sulfide) groups is 1. The van der Waals surface area contributed by atoms with Crippen molar-refractivity contribution in [1.82, 2.24) is 0 Å². The first-order valence-electron chi connectivity index (χ1n) is 8.66. The molecule has 0 aromatic heterocycles. The molecular weight excluding hydrogens is 350 g/mol. The molecule has 2 fully saturated rings. The summed E-state index contributed by atoms with van der Waals surface area (Å²) in [6, 6.07) is 0. The third kappa shape index (κ3) is 4.98. The highest BCUT2D eigenvalue weighted by Gasteiger charge is 2.52. The highest BCUT2D eigenvalue weighted by molar-refractivity contribution is 8.00. The summed E-state index contributed by atoms with van der Waals surface area (Å²) < 4.78 is 78.5. The Hall–Kier alpha value is -0.0700. The van der Waals surface area contributed by atoms with E-state index in [-0.39, 0.29) is 18.1 Å². The Morgan fingerprint density at radius 3 is 1.46 bits per heavy atom. The molecule has 0 spiro atoms. The molecule has 2 aliphatic carbocycles. The molecule has 4 atom stereocenters. The van der Waals surface area contributed by atoms with E-state index in [1.165, 1.54) is 11.8 Å². The van der Waals surface area contributed by atoms with Crippen molar-refractivity contribution in [3.05, 3.63) is 0 Å². The van der Waals surface area contributed by atoms with Gasteiger partial charge in [0.2, 0.25) is 0 Å². The van der Waals surface area contributed by atoms with Gasteiger partial charge in [0, 0.05) is 10.5 Å². The van der Waals surface area contributed by atoms with E-state index in [9.17, 15) is 26.3 Å². The lowest BCUT2D eigenvalue weighted by atomic mass is 9.77. The standard InChI is InChI=1S/C17H26F6S/c1-9-4-10(2)15(11(3)5-9)24-14-7-12(16(18,19)20)6-13(8-14)17(21,22)23/h9-15H,4-8H2,1-3H3. The molecule has 0 N–H and O–H groups in total. The second kappa shape index (κ2) is 7.28. The van der Waals surface area contributed by atoms with Crippen molar-refractivity contribution in [2.45, 2.75) is 75.7 Å². The van der Waals surface area contributed by atoms with Gasteiger partial charge in [-0.25, -0.2) is 0 Å². The van der Waals surface area contributed by atoms with Crippen molar-refractivity contribution < 1.29 is 26.3 Å². The van der Waals surface area contributed by atoms with Crippen molar-refractivity contribution in [2.75, 3.05) is 0 Å². The molecule has 0 saturated heterocycles. The Labute approximate surface area is 144 Å². The van der Waals surface area contributed by atoms with Gasteiger partial charge in [-0.05, 0) is 49.9 Å². The molecule has 0 bridgehead atoms. The minimum Gasteiger partial charge on any atom is -0.171 e. The van der Waals surface area contributed by atoms with Crippen LogP contribution < -0.4 is 0 Å². The lowest BCUT2D eigenvalue weighted by Crippen LogP contribution is -2.41. The van der Waals surface area contributed by atoms with Gasteiger partial charge in [-0.1, -0.05) is 20.8 Å². The molecule has 0 aromatic carbocycles. The van der Waals surface area contributed by atoms with Crippen molar-refractivity contribution in [3.63, 3.8) is 0 Å². The van der Waals surface area contributed by atoms with Gasteiger partial charge < -0.3 is 0 Å². The van der Waals surface area contributed by atoms with E-state index in [1.54, 1.807) is 0 Å². The molecule has 24 heavy (non-hydrogen) atoms. The van der Waals surface area contributed by atoms with Gasteiger partial charge in [0.1, 0.15) is 0 Å². The zero-order valence-corrected chi connectivity index (χ0v) is 15.1. The molecule has 4 unspecified atom stereocenters. The molecule has 7 heteroatoms. The van der Waals surface area contributed by atoms with Crippen LogP contribution in [0.5, 0.6) is 0 Å². The number of hydrogen-bond donors (Lipinski definition) is 0. The van der Waals surface area contributed by atoms with Gasteiger partial charge in [0.05, 0.1) is 11.8 Å². The van der Waals surface area contributed by atoms with Crippen LogP contribution in [0.25, 0.3) is 0 Å². The Morgan fingerprint density at radius 1 is 0.667 bits per heavy atom. The Kier molecular flexibility index (Phi) is 6.14. The molecule has 2 aliphatic rings. The summed E-state index contributed by atoms with van der Waals surface area (Å²) in [5, 5.41) is -0.396. The third-order valence-electron chi connectivity index (χ3n) is 5.61. The number of hydrogen-bond acceptors (Lipinski definition) is 1. The number of alkyl halides is 6. The highest BCUT2D eigenvalue weighted by Crippen LogP contribution is 2.51. The van der Waals surface area contributed by atoms with Gasteiger partial charge in [0.25, 0.3) is 0 Å². The highest BCUT2D eigenvalue weighted by atomic mass is 32.2. The first kappa shape index (κ1) is 20.2. The average molecular weight is 376 g/mol. The largest absolute Gasteiger partial charge is 0.391 e. The van der Waals surface area contributed by atoms with Crippen LogP contribution in [-0.2, 0) is 0 Å². The van der Waals surface area contributed by atoms with Crippen molar-refractivity contribution in [2.24, 2.45) is 29.6 Å². The number of halogens is 6. The quantitative estimate of drug-likeness (QED) is 0.483. The smallest absolute Gasteiger partial charge is 0.171 e. The summed E-state index contributed by atoms with van der Waals surface area (Å²) in [6.45, 7) is 6.32. The SMILES string of the molecule is CC1CC(C)C(SC2CC(C(F)(F)F)CC(C(F)(F)F)C2)C(C)C1. The molecule has 0 amide bonds. The molecule has 2 saturated carbocycles. The fourth-order valence-corrected chi connectivity index (χ4v) is 6.49. The lowest BCUT2D eigenvalue weighted by molar-refractivity contribution is -0.221.